The zero-order chi connectivity index (χ0) is 16.7. The van der Waals surface area contributed by atoms with Crippen molar-refractivity contribution in [2.45, 2.75) is 31.2 Å². The van der Waals surface area contributed by atoms with Crippen molar-refractivity contribution in [2.75, 3.05) is 18.8 Å². The average molecular weight is 362 g/mol. The molecule has 8 heteroatoms. The first-order valence-corrected chi connectivity index (χ1v) is 9.70. The minimum Gasteiger partial charge on any atom is -0.372 e. The van der Waals surface area contributed by atoms with E-state index in [4.69, 9.17) is 4.74 Å². The van der Waals surface area contributed by atoms with Crippen LogP contribution in [0.2, 0.25) is 0 Å². The van der Waals surface area contributed by atoms with Gasteiger partial charge in [-0.3, -0.25) is 9.20 Å². The van der Waals surface area contributed by atoms with Crippen LogP contribution in [0.25, 0.3) is 15.2 Å². The Kier molecular flexibility index (Phi) is 4.19. The van der Waals surface area contributed by atoms with Crippen molar-refractivity contribution in [1.82, 2.24) is 19.5 Å². The molecule has 0 radical (unpaired) electrons. The molecular formula is C16H18N4O2S2. The first-order chi connectivity index (χ1) is 11.6. The maximum absolute atomic E-state index is 12.5. The Bertz CT molecular complexity index is 881. The summed E-state index contributed by atoms with van der Waals surface area (Å²) in [5.41, 5.74) is 1.09. The van der Waals surface area contributed by atoms with Gasteiger partial charge >= 0.3 is 0 Å². The molecule has 3 heterocycles. The number of fused-ring (bicyclic) bond motifs is 3. The number of nitrogens with zero attached hydrogens (tertiary/aromatic N) is 4. The standard InChI is InChI=1S/C16H18N4O2S2/c1-10-7-19(8-11(2)22-10)14(21)9-23-15-17-18-16-20(15)12-5-3-4-6-13(12)24-16/h3-6,10-11H,7-9H2,1-2H3. The second-order valence-corrected chi connectivity index (χ2v) is 7.97. The fourth-order valence-corrected chi connectivity index (χ4v) is 4.92. The van der Waals surface area contributed by atoms with Crippen molar-refractivity contribution in [3.8, 4) is 0 Å². The first-order valence-electron chi connectivity index (χ1n) is 7.90. The second kappa shape index (κ2) is 6.34. The van der Waals surface area contributed by atoms with Crippen LogP contribution in [0.15, 0.2) is 29.4 Å². The van der Waals surface area contributed by atoms with Gasteiger partial charge in [0.05, 0.1) is 28.2 Å². The molecule has 1 saturated heterocycles. The highest BCUT2D eigenvalue weighted by atomic mass is 32.2. The summed E-state index contributed by atoms with van der Waals surface area (Å²) in [5, 5.41) is 9.25. The lowest BCUT2D eigenvalue weighted by atomic mass is 10.2. The number of hydrogen-bond donors (Lipinski definition) is 0. The fourth-order valence-electron chi connectivity index (χ4n) is 3.05. The Morgan fingerprint density at radius 2 is 2.04 bits per heavy atom. The van der Waals surface area contributed by atoms with E-state index in [2.05, 4.69) is 22.3 Å². The molecule has 0 bridgehead atoms. The fraction of sp³-hybridized carbons (Fsp3) is 0.438. The molecule has 1 aliphatic heterocycles. The lowest BCUT2D eigenvalue weighted by Gasteiger charge is -2.35. The number of aromatic nitrogens is 3. The number of morpholine rings is 1. The monoisotopic (exact) mass is 362 g/mol. The van der Waals surface area contributed by atoms with Crippen LogP contribution in [0.3, 0.4) is 0 Å². The van der Waals surface area contributed by atoms with E-state index in [0.29, 0.717) is 18.8 Å². The highest BCUT2D eigenvalue weighted by Crippen LogP contribution is 2.29. The number of thiazole rings is 1. The summed E-state index contributed by atoms with van der Waals surface area (Å²) in [7, 11) is 0. The van der Waals surface area contributed by atoms with Crippen LogP contribution in [-0.2, 0) is 9.53 Å². The molecule has 0 saturated carbocycles. The molecule has 0 N–H and O–H groups in total. The predicted molar refractivity (Wildman–Crippen MR) is 95.7 cm³/mol. The smallest absolute Gasteiger partial charge is 0.233 e. The van der Waals surface area contributed by atoms with Gasteiger partial charge in [-0.05, 0) is 26.0 Å². The van der Waals surface area contributed by atoms with E-state index in [-0.39, 0.29) is 18.1 Å². The van der Waals surface area contributed by atoms with Gasteiger partial charge in [0.1, 0.15) is 0 Å². The van der Waals surface area contributed by atoms with Crippen molar-refractivity contribution in [3.63, 3.8) is 0 Å². The molecule has 1 amide bonds. The van der Waals surface area contributed by atoms with Crippen molar-refractivity contribution >= 4 is 44.2 Å². The molecule has 3 aromatic rings. The van der Waals surface area contributed by atoms with Crippen molar-refractivity contribution in [2.24, 2.45) is 0 Å². The van der Waals surface area contributed by atoms with Crippen molar-refractivity contribution in [1.29, 1.82) is 0 Å². The molecule has 1 aromatic carbocycles. The van der Waals surface area contributed by atoms with E-state index in [1.54, 1.807) is 11.3 Å². The number of ether oxygens (including phenoxy) is 1. The van der Waals surface area contributed by atoms with Crippen LogP contribution in [-0.4, -0.2) is 56.5 Å². The molecule has 1 fully saturated rings. The highest BCUT2D eigenvalue weighted by Gasteiger charge is 2.26. The number of para-hydroxylation sites is 1. The van der Waals surface area contributed by atoms with Gasteiger partial charge in [0, 0.05) is 13.1 Å². The summed E-state index contributed by atoms with van der Waals surface area (Å²) in [5.74, 6) is 0.489. The van der Waals surface area contributed by atoms with Crippen LogP contribution >= 0.6 is 23.1 Å². The second-order valence-electron chi connectivity index (χ2n) is 6.02. The molecule has 0 spiro atoms. The van der Waals surface area contributed by atoms with E-state index < -0.39 is 0 Å². The number of carbonyl (C=O) groups excluding carboxylic acids is 1. The highest BCUT2D eigenvalue weighted by molar-refractivity contribution is 7.99. The van der Waals surface area contributed by atoms with Gasteiger partial charge in [0.15, 0.2) is 5.16 Å². The van der Waals surface area contributed by atoms with E-state index >= 15 is 0 Å². The third-order valence-corrected chi connectivity index (χ3v) is 5.93. The van der Waals surface area contributed by atoms with E-state index in [0.717, 1.165) is 15.6 Å². The lowest BCUT2D eigenvalue weighted by Crippen LogP contribution is -2.48. The van der Waals surface area contributed by atoms with Gasteiger partial charge in [0.2, 0.25) is 10.9 Å². The Labute approximate surface area is 147 Å². The summed E-state index contributed by atoms with van der Waals surface area (Å²) >= 11 is 3.05. The van der Waals surface area contributed by atoms with Gasteiger partial charge in [-0.25, -0.2) is 0 Å². The van der Waals surface area contributed by atoms with Gasteiger partial charge in [-0.1, -0.05) is 35.2 Å². The summed E-state index contributed by atoms with van der Waals surface area (Å²) < 4.78 is 8.89. The largest absolute Gasteiger partial charge is 0.372 e. The van der Waals surface area contributed by atoms with E-state index in [1.165, 1.54) is 16.5 Å². The van der Waals surface area contributed by atoms with E-state index in [9.17, 15) is 4.79 Å². The lowest BCUT2D eigenvalue weighted by molar-refractivity contribution is -0.140. The average Bonchev–Trinajstić information content (AvgIpc) is 3.10. The molecule has 4 rings (SSSR count). The SMILES string of the molecule is CC1CN(C(=O)CSc2nnc3sc4ccccc4n23)CC(C)O1. The molecule has 0 aliphatic carbocycles. The summed E-state index contributed by atoms with van der Waals surface area (Å²) in [6, 6.07) is 8.15. The Hall–Kier alpha value is -1.64. The van der Waals surface area contributed by atoms with Crippen molar-refractivity contribution < 1.29 is 9.53 Å². The molecule has 2 aromatic heterocycles. The molecular weight excluding hydrogens is 344 g/mol. The number of benzene rings is 1. The number of amides is 1. The predicted octanol–water partition coefficient (Wildman–Crippen LogP) is 2.67. The third kappa shape index (κ3) is 2.89. The Balaban J connectivity index is 1.51. The molecule has 126 valence electrons. The molecule has 2 unspecified atom stereocenters. The maximum Gasteiger partial charge on any atom is 0.233 e. The summed E-state index contributed by atoms with van der Waals surface area (Å²) in [6.45, 7) is 5.31. The Morgan fingerprint density at radius 1 is 1.29 bits per heavy atom. The number of hydrogen-bond acceptors (Lipinski definition) is 6. The zero-order valence-corrected chi connectivity index (χ0v) is 15.1. The van der Waals surface area contributed by atoms with Gasteiger partial charge in [-0.15, -0.1) is 10.2 Å². The quantitative estimate of drug-likeness (QED) is 0.671. The molecule has 24 heavy (non-hydrogen) atoms. The zero-order valence-electron chi connectivity index (χ0n) is 13.5. The number of carbonyl (C=O) groups is 1. The van der Waals surface area contributed by atoms with Crippen LogP contribution in [0.4, 0.5) is 0 Å². The van der Waals surface area contributed by atoms with Crippen LogP contribution in [0.1, 0.15) is 13.8 Å². The van der Waals surface area contributed by atoms with Gasteiger partial charge in [0.25, 0.3) is 0 Å². The minimum absolute atomic E-state index is 0.0864. The minimum atomic E-state index is 0.0864. The normalized spacial score (nSPS) is 21.7. The molecule has 2 atom stereocenters. The van der Waals surface area contributed by atoms with Crippen molar-refractivity contribution in [3.05, 3.63) is 24.3 Å². The first kappa shape index (κ1) is 15.9. The number of thioether (sulfide) groups is 1. The third-order valence-electron chi connectivity index (χ3n) is 4.01. The van der Waals surface area contributed by atoms with Crippen LogP contribution in [0.5, 0.6) is 0 Å². The van der Waals surface area contributed by atoms with Crippen LogP contribution < -0.4 is 0 Å². The molecule has 6 nitrogen and oxygen atoms in total. The molecule has 1 aliphatic rings. The summed E-state index contributed by atoms with van der Waals surface area (Å²) in [4.78, 5) is 15.3. The number of rotatable bonds is 3. The maximum atomic E-state index is 12.5. The summed E-state index contributed by atoms with van der Waals surface area (Å²) in [6.07, 6.45) is 0.173. The topological polar surface area (TPSA) is 59.7 Å². The van der Waals surface area contributed by atoms with Gasteiger partial charge < -0.3 is 9.64 Å². The van der Waals surface area contributed by atoms with E-state index in [1.807, 2.05) is 35.3 Å². The van der Waals surface area contributed by atoms with Crippen LogP contribution in [0, 0.1) is 0 Å². The van der Waals surface area contributed by atoms with Gasteiger partial charge in [-0.2, -0.15) is 0 Å². The Morgan fingerprint density at radius 3 is 2.83 bits per heavy atom.